The van der Waals surface area contributed by atoms with Crippen LogP contribution in [-0.4, -0.2) is 25.7 Å². The topological polar surface area (TPSA) is 64.4 Å². The number of amides is 1. The minimum atomic E-state index is -0.471. The van der Waals surface area contributed by atoms with Crippen LogP contribution in [0.3, 0.4) is 0 Å². The van der Waals surface area contributed by atoms with Crippen molar-refractivity contribution in [3.8, 4) is 0 Å². The third-order valence-corrected chi connectivity index (χ3v) is 4.84. The number of halogens is 1. The number of hydrogen-bond acceptors (Lipinski definition) is 3. The molecule has 0 radical (unpaired) electrons. The second-order valence-electron chi connectivity index (χ2n) is 5.58. The maximum Gasteiger partial charge on any atom is 0.228 e. The lowest BCUT2D eigenvalue weighted by molar-refractivity contribution is -0.136. The van der Waals surface area contributed by atoms with E-state index >= 15 is 0 Å². The summed E-state index contributed by atoms with van der Waals surface area (Å²) in [4.78, 5) is 12.7. The van der Waals surface area contributed by atoms with E-state index in [1.807, 2.05) is 24.3 Å². The Labute approximate surface area is 134 Å². The predicted molar refractivity (Wildman–Crippen MR) is 86.9 cm³/mol. The molecular formula is C16H23BrN2O2. The summed E-state index contributed by atoms with van der Waals surface area (Å²) in [6, 6.07) is 8.10. The van der Waals surface area contributed by atoms with E-state index in [1.165, 1.54) is 0 Å². The van der Waals surface area contributed by atoms with Crippen molar-refractivity contribution < 1.29 is 9.53 Å². The normalized spacial score (nSPS) is 19.0. The lowest BCUT2D eigenvalue weighted by atomic mass is 9.79. The molecule has 116 valence electrons. The first kappa shape index (κ1) is 16.5. The Bertz CT molecular complexity index is 470. The zero-order valence-electron chi connectivity index (χ0n) is 12.4. The van der Waals surface area contributed by atoms with E-state index < -0.39 is 5.41 Å². The maximum atomic E-state index is 12.7. The molecule has 21 heavy (non-hydrogen) atoms. The molecular weight excluding hydrogens is 332 g/mol. The summed E-state index contributed by atoms with van der Waals surface area (Å²) in [7, 11) is 0. The molecule has 1 aromatic rings. The Morgan fingerprint density at radius 1 is 1.38 bits per heavy atom. The molecule has 0 spiro atoms. The fraction of sp³-hybridized carbons (Fsp3) is 0.562. The van der Waals surface area contributed by atoms with E-state index in [2.05, 4.69) is 28.2 Å². The van der Waals surface area contributed by atoms with Crippen LogP contribution in [-0.2, 0) is 9.53 Å². The van der Waals surface area contributed by atoms with Crippen LogP contribution in [0.15, 0.2) is 28.7 Å². The molecule has 2 rings (SSSR count). The van der Waals surface area contributed by atoms with Crippen LogP contribution in [0.25, 0.3) is 0 Å². The predicted octanol–water partition coefficient (Wildman–Crippen LogP) is 2.77. The molecule has 4 nitrogen and oxygen atoms in total. The molecule has 1 fully saturated rings. The number of ether oxygens (including phenoxy) is 1. The smallest absolute Gasteiger partial charge is 0.228 e. The van der Waals surface area contributed by atoms with Crippen LogP contribution < -0.4 is 11.1 Å². The lowest BCUT2D eigenvalue weighted by Crippen LogP contribution is -2.49. The molecule has 0 bridgehead atoms. The molecule has 1 saturated heterocycles. The number of hydrogen-bond donors (Lipinski definition) is 2. The van der Waals surface area contributed by atoms with Gasteiger partial charge < -0.3 is 15.8 Å². The Morgan fingerprint density at radius 2 is 2.00 bits per heavy atom. The highest BCUT2D eigenvalue weighted by molar-refractivity contribution is 9.10. The van der Waals surface area contributed by atoms with Gasteiger partial charge in [-0.2, -0.15) is 0 Å². The van der Waals surface area contributed by atoms with Gasteiger partial charge in [0.05, 0.1) is 11.5 Å². The minimum Gasteiger partial charge on any atom is -0.381 e. The zero-order valence-corrected chi connectivity index (χ0v) is 14.0. The summed E-state index contributed by atoms with van der Waals surface area (Å²) in [5, 5.41) is 3.17. The van der Waals surface area contributed by atoms with E-state index in [4.69, 9.17) is 10.5 Å². The minimum absolute atomic E-state index is 0.0249. The summed E-state index contributed by atoms with van der Waals surface area (Å²) in [5.41, 5.74) is 6.54. The molecule has 1 aromatic carbocycles. The van der Waals surface area contributed by atoms with Crippen LogP contribution in [0.1, 0.15) is 37.8 Å². The van der Waals surface area contributed by atoms with Crippen molar-refractivity contribution in [2.24, 2.45) is 11.1 Å². The number of carbonyl (C=O) groups excluding carboxylic acids is 1. The van der Waals surface area contributed by atoms with Crippen molar-refractivity contribution in [2.75, 3.05) is 19.8 Å². The Hall–Kier alpha value is -0.910. The number of nitrogens with one attached hydrogen (secondary N) is 1. The lowest BCUT2D eigenvalue weighted by Gasteiger charge is -2.36. The van der Waals surface area contributed by atoms with Gasteiger partial charge in [0.15, 0.2) is 0 Å². The molecule has 0 aliphatic carbocycles. The monoisotopic (exact) mass is 354 g/mol. The fourth-order valence-corrected chi connectivity index (χ4v) is 2.98. The maximum absolute atomic E-state index is 12.7. The largest absolute Gasteiger partial charge is 0.381 e. The first-order chi connectivity index (χ1) is 10.1. The van der Waals surface area contributed by atoms with Crippen molar-refractivity contribution in [3.05, 3.63) is 34.3 Å². The third-order valence-electron chi connectivity index (χ3n) is 4.31. The van der Waals surface area contributed by atoms with E-state index in [1.54, 1.807) is 0 Å². The van der Waals surface area contributed by atoms with E-state index in [0.717, 1.165) is 16.5 Å². The first-order valence-corrected chi connectivity index (χ1v) is 8.25. The Morgan fingerprint density at radius 3 is 2.52 bits per heavy atom. The van der Waals surface area contributed by atoms with Crippen LogP contribution in [0.5, 0.6) is 0 Å². The van der Waals surface area contributed by atoms with Crippen molar-refractivity contribution >= 4 is 21.8 Å². The average Bonchev–Trinajstić information content (AvgIpc) is 2.54. The van der Waals surface area contributed by atoms with Crippen LogP contribution in [0.4, 0.5) is 0 Å². The molecule has 0 aromatic heterocycles. The highest BCUT2D eigenvalue weighted by Crippen LogP contribution is 2.31. The zero-order chi connectivity index (χ0) is 15.3. The van der Waals surface area contributed by atoms with E-state index in [9.17, 15) is 4.79 Å². The second kappa shape index (κ2) is 7.38. The molecule has 0 saturated carbocycles. The van der Waals surface area contributed by atoms with Gasteiger partial charge >= 0.3 is 0 Å². The van der Waals surface area contributed by atoms with Crippen molar-refractivity contribution in [2.45, 2.75) is 32.2 Å². The van der Waals surface area contributed by atoms with Gasteiger partial charge in [0, 0.05) is 24.2 Å². The standard InChI is InChI=1S/C16H23BrN2O2/c1-2-14(12-3-5-13(17)6-4-12)19-15(20)16(11-18)7-9-21-10-8-16/h3-6,14H,2,7-11,18H2,1H3,(H,19,20). The molecule has 3 N–H and O–H groups in total. The van der Waals surface area contributed by atoms with Gasteiger partial charge in [0.2, 0.25) is 5.91 Å². The SMILES string of the molecule is CCC(NC(=O)C1(CN)CCOCC1)c1ccc(Br)cc1. The van der Waals surface area contributed by atoms with E-state index in [-0.39, 0.29) is 11.9 Å². The van der Waals surface area contributed by atoms with E-state index in [0.29, 0.717) is 32.6 Å². The molecule has 1 aliphatic rings. The fourth-order valence-electron chi connectivity index (χ4n) is 2.71. The summed E-state index contributed by atoms with van der Waals surface area (Å²) in [5.74, 6) is 0.0584. The first-order valence-electron chi connectivity index (χ1n) is 7.45. The van der Waals surface area contributed by atoms with Crippen molar-refractivity contribution in [1.82, 2.24) is 5.32 Å². The van der Waals surface area contributed by atoms with Gasteiger partial charge in [-0.15, -0.1) is 0 Å². The number of nitrogens with two attached hydrogens (primary N) is 1. The quantitative estimate of drug-likeness (QED) is 0.854. The van der Waals surface area contributed by atoms with Gasteiger partial charge in [-0.05, 0) is 37.0 Å². The average molecular weight is 355 g/mol. The molecule has 1 atom stereocenters. The molecule has 1 heterocycles. The third kappa shape index (κ3) is 3.84. The van der Waals surface area contributed by atoms with Crippen molar-refractivity contribution in [3.63, 3.8) is 0 Å². The molecule has 1 aliphatic heterocycles. The number of carbonyl (C=O) groups is 1. The highest BCUT2D eigenvalue weighted by atomic mass is 79.9. The summed E-state index contributed by atoms with van der Waals surface area (Å²) < 4.78 is 6.40. The summed E-state index contributed by atoms with van der Waals surface area (Å²) in [6.45, 7) is 3.67. The molecule has 1 unspecified atom stereocenters. The highest BCUT2D eigenvalue weighted by Gasteiger charge is 2.39. The molecule has 5 heteroatoms. The molecule has 1 amide bonds. The number of rotatable bonds is 5. The van der Waals surface area contributed by atoms with Gasteiger partial charge in [-0.1, -0.05) is 35.0 Å². The number of benzene rings is 1. The Balaban J connectivity index is 2.10. The van der Waals surface area contributed by atoms with Gasteiger partial charge in [-0.25, -0.2) is 0 Å². The van der Waals surface area contributed by atoms with Crippen LogP contribution in [0, 0.1) is 5.41 Å². The van der Waals surface area contributed by atoms with Gasteiger partial charge in [-0.3, -0.25) is 4.79 Å². The Kier molecular flexibility index (Phi) is 5.79. The van der Waals surface area contributed by atoms with Gasteiger partial charge in [0.1, 0.15) is 0 Å². The summed E-state index contributed by atoms with van der Waals surface area (Å²) in [6.07, 6.45) is 2.25. The van der Waals surface area contributed by atoms with Crippen LogP contribution in [0.2, 0.25) is 0 Å². The van der Waals surface area contributed by atoms with Crippen LogP contribution >= 0.6 is 15.9 Å². The second-order valence-corrected chi connectivity index (χ2v) is 6.50. The van der Waals surface area contributed by atoms with Gasteiger partial charge in [0.25, 0.3) is 0 Å². The van der Waals surface area contributed by atoms with Crippen molar-refractivity contribution in [1.29, 1.82) is 0 Å². The summed E-state index contributed by atoms with van der Waals surface area (Å²) >= 11 is 3.43.